The van der Waals surface area contributed by atoms with Crippen molar-refractivity contribution in [3.05, 3.63) is 36.5 Å². The Morgan fingerprint density at radius 1 is 1.25 bits per heavy atom. The van der Waals surface area contributed by atoms with E-state index in [0.29, 0.717) is 17.6 Å². The van der Waals surface area contributed by atoms with Crippen LogP contribution >= 0.6 is 0 Å². The van der Waals surface area contributed by atoms with Crippen molar-refractivity contribution in [3.8, 4) is 11.5 Å². The second-order valence-electron chi connectivity index (χ2n) is 4.08. The maximum absolute atomic E-state index is 13.6. The van der Waals surface area contributed by atoms with Gasteiger partial charge in [-0.05, 0) is 31.4 Å². The number of hydrogen-bond donors (Lipinski definition) is 0. The Hall–Kier alpha value is -1.71. The molecule has 0 N–H and O–H groups in total. The third-order valence-electron chi connectivity index (χ3n) is 3.11. The molecule has 2 heterocycles. The van der Waals surface area contributed by atoms with Crippen LogP contribution in [0, 0.1) is 5.82 Å². The van der Waals surface area contributed by atoms with Crippen LogP contribution < -0.4 is 0 Å². The lowest BCUT2D eigenvalue weighted by atomic mass is 9.93. The molecule has 1 aliphatic rings. The van der Waals surface area contributed by atoms with Crippen LogP contribution in [0.25, 0.3) is 11.5 Å². The van der Waals surface area contributed by atoms with Gasteiger partial charge in [-0.2, -0.15) is 0 Å². The zero-order chi connectivity index (χ0) is 11.0. The number of aromatic nitrogens is 3. The summed E-state index contributed by atoms with van der Waals surface area (Å²) >= 11 is 0. The van der Waals surface area contributed by atoms with Gasteiger partial charge in [-0.15, -0.1) is 0 Å². The van der Waals surface area contributed by atoms with E-state index in [2.05, 4.69) is 9.97 Å². The van der Waals surface area contributed by atoms with Crippen LogP contribution in [-0.2, 0) is 0 Å². The lowest BCUT2D eigenvalue weighted by Crippen LogP contribution is -2.17. The minimum Gasteiger partial charge on any atom is -0.327 e. The topological polar surface area (TPSA) is 30.7 Å². The Labute approximate surface area is 93.0 Å². The summed E-state index contributed by atoms with van der Waals surface area (Å²) in [7, 11) is 0. The van der Waals surface area contributed by atoms with Gasteiger partial charge in [-0.25, -0.2) is 14.4 Å². The molecule has 0 bridgehead atoms. The summed E-state index contributed by atoms with van der Waals surface area (Å²) in [5.74, 6) is 0.331. The van der Waals surface area contributed by atoms with Gasteiger partial charge >= 0.3 is 0 Å². The van der Waals surface area contributed by atoms with Gasteiger partial charge in [0.25, 0.3) is 0 Å². The highest BCUT2D eigenvalue weighted by Gasteiger charge is 2.23. The first-order chi connectivity index (χ1) is 7.86. The molecule has 0 unspecified atom stereocenters. The standard InChI is InChI=1S/C12H12FN3/c13-10-5-2-6-14-11(10)12-15-7-8-16(12)9-3-1-4-9/h2,5-9H,1,3-4H2. The summed E-state index contributed by atoms with van der Waals surface area (Å²) in [4.78, 5) is 8.27. The average Bonchev–Trinajstić information content (AvgIpc) is 2.65. The lowest BCUT2D eigenvalue weighted by molar-refractivity contribution is 0.315. The van der Waals surface area contributed by atoms with Gasteiger partial charge in [0.1, 0.15) is 5.69 Å². The smallest absolute Gasteiger partial charge is 0.161 e. The van der Waals surface area contributed by atoms with Crippen molar-refractivity contribution in [2.24, 2.45) is 0 Å². The van der Waals surface area contributed by atoms with Gasteiger partial charge in [-0.3, -0.25) is 0 Å². The highest BCUT2D eigenvalue weighted by atomic mass is 19.1. The molecule has 2 aromatic rings. The largest absolute Gasteiger partial charge is 0.327 e. The molecule has 3 nitrogen and oxygen atoms in total. The van der Waals surface area contributed by atoms with E-state index in [9.17, 15) is 4.39 Å². The molecule has 0 atom stereocenters. The molecule has 1 aliphatic carbocycles. The van der Waals surface area contributed by atoms with Gasteiger partial charge in [0.2, 0.25) is 0 Å². The highest BCUT2D eigenvalue weighted by Crippen LogP contribution is 2.34. The second-order valence-corrected chi connectivity index (χ2v) is 4.08. The summed E-state index contributed by atoms with van der Waals surface area (Å²) in [5.41, 5.74) is 0.347. The molecule has 1 fully saturated rings. The maximum atomic E-state index is 13.6. The molecule has 0 amide bonds. The van der Waals surface area contributed by atoms with E-state index in [0.717, 1.165) is 12.8 Å². The van der Waals surface area contributed by atoms with Crippen LogP contribution in [-0.4, -0.2) is 14.5 Å². The normalized spacial score (nSPS) is 16.1. The Bertz CT molecular complexity index is 502. The molecular weight excluding hydrogens is 205 g/mol. The van der Waals surface area contributed by atoms with Gasteiger partial charge in [0, 0.05) is 24.6 Å². The minimum absolute atomic E-state index is 0.311. The molecule has 0 spiro atoms. The SMILES string of the molecule is Fc1cccnc1-c1nccn1C1CCC1. The number of hydrogen-bond acceptors (Lipinski definition) is 2. The molecule has 0 radical (unpaired) electrons. The van der Waals surface area contributed by atoms with Gasteiger partial charge in [0.15, 0.2) is 11.6 Å². The lowest BCUT2D eigenvalue weighted by Gasteiger charge is -2.28. The van der Waals surface area contributed by atoms with Crippen LogP contribution in [0.3, 0.4) is 0 Å². The van der Waals surface area contributed by atoms with Crippen molar-refractivity contribution in [1.82, 2.24) is 14.5 Å². The fraction of sp³-hybridized carbons (Fsp3) is 0.333. The van der Waals surface area contributed by atoms with Crippen molar-refractivity contribution >= 4 is 0 Å². The number of nitrogens with zero attached hydrogens (tertiary/aromatic N) is 3. The number of imidazole rings is 1. The number of rotatable bonds is 2. The Morgan fingerprint density at radius 2 is 2.12 bits per heavy atom. The Balaban J connectivity index is 2.06. The molecule has 4 heteroatoms. The van der Waals surface area contributed by atoms with Crippen molar-refractivity contribution in [1.29, 1.82) is 0 Å². The third kappa shape index (κ3) is 1.41. The second kappa shape index (κ2) is 3.70. The van der Waals surface area contributed by atoms with Crippen molar-refractivity contribution in [3.63, 3.8) is 0 Å². The summed E-state index contributed by atoms with van der Waals surface area (Å²) in [6.07, 6.45) is 8.76. The number of pyridine rings is 1. The van der Waals surface area contributed by atoms with Crippen molar-refractivity contribution in [2.75, 3.05) is 0 Å². The molecule has 1 saturated carbocycles. The van der Waals surface area contributed by atoms with Gasteiger partial charge in [-0.1, -0.05) is 0 Å². The molecule has 0 aliphatic heterocycles. The van der Waals surface area contributed by atoms with E-state index >= 15 is 0 Å². The van der Waals surface area contributed by atoms with Crippen LogP contribution in [0.1, 0.15) is 25.3 Å². The van der Waals surface area contributed by atoms with Gasteiger partial charge < -0.3 is 4.57 Å². The highest BCUT2D eigenvalue weighted by molar-refractivity contribution is 5.50. The average molecular weight is 217 g/mol. The Kier molecular flexibility index (Phi) is 2.20. The quantitative estimate of drug-likeness (QED) is 0.774. The monoisotopic (exact) mass is 217 g/mol. The first-order valence-corrected chi connectivity index (χ1v) is 5.50. The summed E-state index contributed by atoms with van der Waals surface area (Å²) in [5, 5.41) is 0. The molecule has 0 aromatic carbocycles. The molecule has 0 saturated heterocycles. The Morgan fingerprint density at radius 3 is 2.81 bits per heavy atom. The summed E-state index contributed by atoms with van der Waals surface area (Å²) in [6, 6.07) is 3.48. The van der Waals surface area contributed by atoms with Crippen LogP contribution in [0.15, 0.2) is 30.7 Å². The fourth-order valence-electron chi connectivity index (χ4n) is 2.01. The zero-order valence-electron chi connectivity index (χ0n) is 8.81. The summed E-state index contributed by atoms with van der Waals surface area (Å²) in [6.45, 7) is 0. The number of halogens is 1. The predicted molar refractivity (Wildman–Crippen MR) is 58.3 cm³/mol. The molecule has 16 heavy (non-hydrogen) atoms. The van der Waals surface area contributed by atoms with E-state index in [4.69, 9.17) is 0 Å². The minimum atomic E-state index is -0.311. The van der Waals surface area contributed by atoms with Crippen molar-refractivity contribution in [2.45, 2.75) is 25.3 Å². The first kappa shape index (κ1) is 9.51. The zero-order valence-corrected chi connectivity index (χ0v) is 8.81. The van der Waals surface area contributed by atoms with E-state index < -0.39 is 0 Å². The van der Waals surface area contributed by atoms with E-state index in [-0.39, 0.29) is 5.82 Å². The van der Waals surface area contributed by atoms with Crippen molar-refractivity contribution < 1.29 is 4.39 Å². The summed E-state index contributed by atoms with van der Waals surface area (Å²) < 4.78 is 15.6. The van der Waals surface area contributed by atoms with Crippen LogP contribution in [0.4, 0.5) is 4.39 Å². The van der Waals surface area contributed by atoms with E-state index in [1.807, 2.05) is 10.8 Å². The predicted octanol–water partition coefficient (Wildman–Crippen LogP) is 2.81. The van der Waals surface area contributed by atoms with E-state index in [1.165, 1.54) is 12.5 Å². The molecular formula is C12H12FN3. The maximum Gasteiger partial charge on any atom is 0.161 e. The van der Waals surface area contributed by atoms with Gasteiger partial charge in [0.05, 0.1) is 0 Å². The molecule has 3 rings (SSSR count). The van der Waals surface area contributed by atoms with Crippen LogP contribution in [0.5, 0.6) is 0 Å². The molecule has 82 valence electrons. The molecule has 2 aromatic heterocycles. The van der Waals surface area contributed by atoms with E-state index in [1.54, 1.807) is 18.5 Å². The first-order valence-electron chi connectivity index (χ1n) is 5.50. The fourth-order valence-corrected chi connectivity index (χ4v) is 2.01. The third-order valence-corrected chi connectivity index (χ3v) is 3.11. The van der Waals surface area contributed by atoms with Crippen LogP contribution in [0.2, 0.25) is 0 Å².